The van der Waals surface area contributed by atoms with Gasteiger partial charge in [0.05, 0.1) is 5.39 Å². The maximum Gasteiger partial charge on any atom is 0.127 e. The molecule has 0 unspecified atom stereocenters. The summed E-state index contributed by atoms with van der Waals surface area (Å²) in [5, 5.41) is 24.0. The molecule has 0 atom stereocenters. The molecule has 0 saturated carbocycles. The summed E-state index contributed by atoms with van der Waals surface area (Å²) in [5.41, 5.74) is 2.77. The molecule has 0 saturated heterocycles. The van der Waals surface area contributed by atoms with Crippen LogP contribution in [0.2, 0.25) is 0 Å². The van der Waals surface area contributed by atoms with E-state index in [1.54, 1.807) is 6.07 Å². The Balaban J connectivity index is 2.20. The van der Waals surface area contributed by atoms with Crippen molar-refractivity contribution >= 4 is 21.5 Å². The largest absolute Gasteiger partial charge is 0.507 e. The van der Waals surface area contributed by atoms with Gasteiger partial charge in [0.15, 0.2) is 0 Å². The SMILES string of the molecule is Oc1cccc2c1c(O)cc1c3c(ccc12)CCCC3. The molecule has 3 aromatic carbocycles. The number of phenols is 2. The number of phenolic OH excluding ortho intramolecular Hbond substituents is 2. The topological polar surface area (TPSA) is 40.5 Å². The lowest BCUT2D eigenvalue weighted by Gasteiger charge is -2.19. The Morgan fingerprint density at radius 3 is 2.50 bits per heavy atom. The van der Waals surface area contributed by atoms with Gasteiger partial charge >= 0.3 is 0 Å². The molecule has 3 aromatic rings. The number of fused-ring (bicyclic) bond motifs is 5. The molecule has 4 rings (SSSR count). The second-order valence-corrected chi connectivity index (χ2v) is 5.60. The monoisotopic (exact) mass is 264 g/mol. The summed E-state index contributed by atoms with van der Waals surface area (Å²) in [4.78, 5) is 0. The fourth-order valence-electron chi connectivity index (χ4n) is 3.50. The van der Waals surface area contributed by atoms with Crippen LogP contribution in [0.5, 0.6) is 11.5 Å². The maximum absolute atomic E-state index is 10.3. The van der Waals surface area contributed by atoms with E-state index in [1.165, 1.54) is 24.0 Å². The van der Waals surface area contributed by atoms with E-state index in [4.69, 9.17) is 0 Å². The predicted molar refractivity (Wildman–Crippen MR) is 81.4 cm³/mol. The lowest BCUT2D eigenvalue weighted by atomic mass is 9.86. The van der Waals surface area contributed by atoms with Crippen molar-refractivity contribution in [3.63, 3.8) is 0 Å². The molecule has 1 aliphatic carbocycles. The van der Waals surface area contributed by atoms with Gasteiger partial charge < -0.3 is 10.2 Å². The second-order valence-electron chi connectivity index (χ2n) is 5.60. The smallest absolute Gasteiger partial charge is 0.127 e. The third kappa shape index (κ3) is 1.51. The maximum atomic E-state index is 10.3. The van der Waals surface area contributed by atoms with Crippen LogP contribution in [0.4, 0.5) is 0 Å². The first-order valence-corrected chi connectivity index (χ1v) is 7.14. The van der Waals surface area contributed by atoms with E-state index in [0.717, 1.165) is 29.0 Å². The first-order chi connectivity index (χ1) is 9.75. The van der Waals surface area contributed by atoms with Crippen molar-refractivity contribution in [2.24, 2.45) is 0 Å². The highest BCUT2D eigenvalue weighted by Crippen LogP contribution is 2.40. The zero-order valence-corrected chi connectivity index (χ0v) is 11.2. The highest BCUT2D eigenvalue weighted by molar-refractivity contribution is 6.13. The van der Waals surface area contributed by atoms with Crippen LogP contribution in [-0.2, 0) is 12.8 Å². The van der Waals surface area contributed by atoms with Gasteiger partial charge in [0.1, 0.15) is 11.5 Å². The lowest BCUT2D eigenvalue weighted by molar-refractivity contribution is 0.464. The summed E-state index contributed by atoms with van der Waals surface area (Å²) in [6, 6.07) is 11.6. The van der Waals surface area contributed by atoms with Crippen LogP contribution in [0.15, 0.2) is 36.4 Å². The van der Waals surface area contributed by atoms with Crippen molar-refractivity contribution in [3.05, 3.63) is 47.5 Å². The van der Waals surface area contributed by atoms with Crippen molar-refractivity contribution in [1.29, 1.82) is 0 Å². The third-order valence-electron chi connectivity index (χ3n) is 4.45. The van der Waals surface area contributed by atoms with Crippen LogP contribution in [0.3, 0.4) is 0 Å². The Bertz CT molecular complexity index is 834. The molecule has 0 heterocycles. The molecule has 0 radical (unpaired) electrons. The minimum absolute atomic E-state index is 0.139. The van der Waals surface area contributed by atoms with E-state index >= 15 is 0 Å². The minimum atomic E-state index is 0.139. The lowest BCUT2D eigenvalue weighted by Crippen LogP contribution is -2.03. The molecule has 0 amide bonds. The molecule has 0 bridgehead atoms. The number of rotatable bonds is 0. The van der Waals surface area contributed by atoms with Gasteiger partial charge in [-0.05, 0) is 65.1 Å². The van der Waals surface area contributed by atoms with E-state index in [9.17, 15) is 10.2 Å². The molecule has 2 heteroatoms. The normalized spacial score (nSPS) is 14.6. The van der Waals surface area contributed by atoms with E-state index in [1.807, 2.05) is 18.2 Å². The summed E-state index contributed by atoms with van der Waals surface area (Å²) in [6.07, 6.45) is 4.67. The third-order valence-corrected chi connectivity index (χ3v) is 4.45. The standard InChI is InChI=1S/C18H16O2/c19-16-7-3-6-14-13-9-8-11-4-1-2-5-12(11)15(13)10-17(20)18(14)16/h3,6-10,19-20H,1-2,4-5H2. The van der Waals surface area contributed by atoms with Crippen molar-refractivity contribution in [1.82, 2.24) is 0 Å². The number of aryl methyl sites for hydroxylation is 2. The van der Waals surface area contributed by atoms with Crippen molar-refractivity contribution in [3.8, 4) is 11.5 Å². The van der Waals surface area contributed by atoms with E-state index in [-0.39, 0.29) is 11.5 Å². The van der Waals surface area contributed by atoms with Crippen LogP contribution >= 0.6 is 0 Å². The molecule has 1 aliphatic rings. The average Bonchev–Trinajstić information content (AvgIpc) is 2.47. The average molecular weight is 264 g/mol. The van der Waals surface area contributed by atoms with Gasteiger partial charge in [0, 0.05) is 0 Å². The van der Waals surface area contributed by atoms with Gasteiger partial charge in [-0.3, -0.25) is 0 Å². The van der Waals surface area contributed by atoms with E-state index < -0.39 is 0 Å². The Morgan fingerprint density at radius 2 is 1.60 bits per heavy atom. The molecule has 0 spiro atoms. The van der Waals surface area contributed by atoms with Gasteiger partial charge in [-0.2, -0.15) is 0 Å². The zero-order chi connectivity index (χ0) is 13.7. The highest BCUT2D eigenvalue weighted by atomic mass is 16.3. The van der Waals surface area contributed by atoms with Crippen LogP contribution in [0.25, 0.3) is 21.5 Å². The first kappa shape index (κ1) is 11.6. The van der Waals surface area contributed by atoms with Crippen LogP contribution in [0, 0.1) is 0 Å². The molecule has 0 fully saturated rings. The van der Waals surface area contributed by atoms with Crippen molar-refractivity contribution < 1.29 is 10.2 Å². The molecular weight excluding hydrogens is 248 g/mol. The van der Waals surface area contributed by atoms with Gasteiger partial charge in [0.2, 0.25) is 0 Å². The fraction of sp³-hybridized carbons (Fsp3) is 0.222. The quantitative estimate of drug-likeness (QED) is 0.595. The van der Waals surface area contributed by atoms with Crippen molar-refractivity contribution in [2.75, 3.05) is 0 Å². The molecular formula is C18H16O2. The van der Waals surface area contributed by atoms with Gasteiger partial charge in [0.25, 0.3) is 0 Å². The van der Waals surface area contributed by atoms with Crippen molar-refractivity contribution in [2.45, 2.75) is 25.7 Å². The Hall–Kier alpha value is -2.22. The number of benzene rings is 3. The number of aromatic hydroxyl groups is 2. The molecule has 2 N–H and O–H groups in total. The molecule has 100 valence electrons. The van der Waals surface area contributed by atoms with Crippen LogP contribution in [0.1, 0.15) is 24.0 Å². The predicted octanol–water partition coefficient (Wildman–Crippen LogP) is 4.28. The first-order valence-electron chi connectivity index (χ1n) is 7.14. The molecule has 0 aromatic heterocycles. The summed E-state index contributed by atoms with van der Waals surface area (Å²) in [6.45, 7) is 0. The van der Waals surface area contributed by atoms with Crippen LogP contribution < -0.4 is 0 Å². The molecule has 20 heavy (non-hydrogen) atoms. The summed E-state index contributed by atoms with van der Waals surface area (Å²) < 4.78 is 0. The minimum Gasteiger partial charge on any atom is -0.507 e. The van der Waals surface area contributed by atoms with Crippen LogP contribution in [-0.4, -0.2) is 10.2 Å². The summed E-state index contributed by atoms with van der Waals surface area (Å²) >= 11 is 0. The summed E-state index contributed by atoms with van der Waals surface area (Å²) in [5.74, 6) is 0.309. The number of hydrogen-bond acceptors (Lipinski definition) is 2. The Labute approximate surface area is 117 Å². The van der Waals surface area contributed by atoms with Gasteiger partial charge in [-0.25, -0.2) is 0 Å². The highest BCUT2D eigenvalue weighted by Gasteiger charge is 2.16. The Morgan fingerprint density at radius 1 is 0.750 bits per heavy atom. The van der Waals surface area contributed by atoms with E-state index in [0.29, 0.717) is 5.39 Å². The Kier molecular flexibility index (Phi) is 2.40. The van der Waals surface area contributed by atoms with E-state index in [2.05, 4.69) is 12.1 Å². The fourth-order valence-corrected chi connectivity index (χ4v) is 3.50. The van der Waals surface area contributed by atoms with Gasteiger partial charge in [-0.1, -0.05) is 24.3 Å². The number of hydrogen-bond donors (Lipinski definition) is 2. The van der Waals surface area contributed by atoms with Gasteiger partial charge in [-0.15, -0.1) is 0 Å². The second kappa shape index (κ2) is 4.14. The molecule has 0 aliphatic heterocycles. The summed E-state index contributed by atoms with van der Waals surface area (Å²) in [7, 11) is 0. The molecule has 2 nitrogen and oxygen atoms in total. The zero-order valence-electron chi connectivity index (χ0n) is 11.2.